The van der Waals surface area contributed by atoms with Gasteiger partial charge in [-0.2, -0.15) is 0 Å². The van der Waals surface area contributed by atoms with Crippen LogP contribution >= 0.6 is 11.8 Å². The highest BCUT2D eigenvalue weighted by Crippen LogP contribution is 2.35. The highest BCUT2D eigenvalue weighted by atomic mass is 32.2. The van der Waals surface area contributed by atoms with Crippen LogP contribution in [0.2, 0.25) is 0 Å². The predicted molar refractivity (Wildman–Crippen MR) is 112 cm³/mol. The van der Waals surface area contributed by atoms with Gasteiger partial charge in [0.25, 0.3) is 0 Å². The van der Waals surface area contributed by atoms with Crippen molar-refractivity contribution in [3.8, 4) is 5.69 Å². The Balaban J connectivity index is 1.46. The first-order chi connectivity index (χ1) is 13.7. The molecule has 2 aromatic carbocycles. The Bertz CT molecular complexity index is 984. The molecular weight excluding hydrogens is 368 g/mol. The summed E-state index contributed by atoms with van der Waals surface area (Å²) in [6.07, 6.45) is 4.68. The standard InChI is InChI=1S/C22H24N4OS/c1-3-16-8-5-7-11-19(16)26-15-23-24-22(26)28-14-21(27)25(2)20-13-12-17-9-4-6-10-18(17)20/h4-11,15,20H,3,12-14H2,1-2H3. The van der Waals surface area contributed by atoms with E-state index >= 15 is 0 Å². The minimum Gasteiger partial charge on any atom is -0.338 e. The van der Waals surface area contributed by atoms with Gasteiger partial charge in [0.15, 0.2) is 5.16 Å². The van der Waals surface area contributed by atoms with Crippen LogP contribution in [0.4, 0.5) is 0 Å². The predicted octanol–water partition coefficient (Wildman–Crippen LogP) is 4.07. The summed E-state index contributed by atoms with van der Waals surface area (Å²) < 4.78 is 1.97. The van der Waals surface area contributed by atoms with Crippen LogP contribution in [0.25, 0.3) is 5.69 Å². The molecule has 5 nitrogen and oxygen atoms in total. The number of rotatable bonds is 6. The van der Waals surface area contributed by atoms with Crippen molar-refractivity contribution < 1.29 is 4.79 Å². The third kappa shape index (κ3) is 3.56. The van der Waals surface area contributed by atoms with Crippen LogP contribution in [0.15, 0.2) is 60.0 Å². The minimum atomic E-state index is 0.116. The summed E-state index contributed by atoms with van der Waals surface area (Å²) in [4.78, 5) is 14.7. The van der Waals surface area contributed by atoms with Crippen LogP contribution < -0.4 is 0 Å². The molecule has 3 aromatic rings. The molecule has 6 heteroatoms. The van der Waals surface area contributed by atoms with Gasteiger partial charge in [0.05, 0.1) is 17.5 Å². The molecule has 1 heterocycles. The Morgan fingerprint density at radius 3 is 2.86 bits per heavy atom. The Labute approximate surface area is 169 Å². The third-order valence-corrected chi connectivity index (χ3v) is 6.36. The highest BCUT2D eigenvalue weighted by molar-refractivity contribution is 7.99. The number of amides is 1. The molecule has 0 N–H and O–H groups in total. The Morgan fingerprint density at radius 2 is 2.00 bits per heavy atom. The largest absolute Gasteiger partial charge is 0.338 e. The molecule has 1 amide bonds. The van der Waals surface area contributed by atoms with Gasteiger partial charge in [0.2, 0.25) is 5.91 Å². The van der Waals surface area contributed by atoms with Gasteiger partial charge in [0, 0.05) is 7.05 Å². The smallest absolute Gasteiger partial charge is 0.233 e. The number of hydrogen-bond acceptors (Lipinski definition) is 4. The van der Waals surface area contributed by atoms with Gasteiger partial charge in [0.1, 0.15) is 6.33 Å². The molecule has 144 valence electrons. The van der Waals surface area contributed by atoms with Crippen molar-refractivity contribution >= 4 is 17.7 Å². The summed E-state index contributed by atoms with van der Waals surface area (Å²) in [5.41, 5.74) is 4.94. The summed E-state index contributed by atoms with van der Waals surface area (Å²) in [5.74, 6) is 0.465. The number of carbonyl (C=O) groups is 1. The second-order valence-corrected chi connectivity index (χ2v) is 7.95. The number of thioether (sulfide) groups is 1. The number of para-hydroxylation sites is 1. The third-order valence-electron chi connectivity index (χ3n) is 5.44. The van der Waals surface area contributed by atoms with E-state index in [-0.39, 0.29) is 11.9 Å². The van der Waals surface area contributed by atoms with E-state index in [0.29, 0.717) is 5.75 Å². The molecule has 0 spiro atoms. The van der Waals surface area contributed by atoms with Gasteiger partial charge >= 0.3 is 0 Å². The van der Waals surface area contributed by atoms with Crippen molar-refractivity contribution in [1.82, 2.24) is 19.7 Å². The van der Waals surface area contributed by atoms with Crippen LogP contribution in [-0.4, -0.2) is 38.4 Å². The van der Waals surface area contributed by atoms with Gasteiger partial charge in [-0.15, -0.1) is 10.2 Å². The first-order valence-electron chi connectivity index (χ1n) is 9.63. The molecule has 1 unspecified atom stereocenters. The molecule has 0 bridgehead atoms. The van der Waals surface area contributed by atoms with Crippen molar-refractivity contribution in [2.45, 2.75) is 37.4 Å². The lowest BCUT2D eigenvalue weighted by molar-refractivity contribution is -0.129. The Hall–Kier alpha value is -2.60. The SMILES string of the molecule is CCc1ccccc1-n1cnnc1SCC(=O)N(C)C1CCc2ccccc21. The van der Waals surface area contributed by atoms with Crippen LogP contribution in [0, 0.1) is 0 Å². The molecule has 4 rings (SSSR count). The van der Waals surface area contributed by atoms with Crippen molar-refractivity contribution in [1.29, 1.82) is 0 Å². The molecule has 0 saturated heterocycles. The summed E-state index contributed by atoms with van der Waals surface area (Å²) in [6, 6.07) is 16.8. The number of carbonyl (C=O) groups excluding carboxylic acids is 1. The lowest BCUT2D eigenvalue weighted by Crippen LogP contribution is -2.31. The molecular formula is C22H24N4OS. The quantitative estimate of drug-likeness (QED) is 0.594. The normalized spacial score (nSPS) is 15.4. The van der Waals surface area contributed by atoms with Crippen molar-refractivity contribution in [3.05, 3.63) is 71.5 Å². The lowest BCUT2D eigenvalue weighted by Gasteiger charge is -2.25. The minimum absolute atomic E-state index is 0.116. The monoisotopic (exact) mass is 392 g/mol. The van der Waals surface area contributed by atoms with Gasteiger partial charge in [-0.05, 0) is 42.0 Å². The van der Waals surface area contributed by atoms with E-state index in [0.717, 1.165) is 30.1 Å². The molecule has 1 atom stereocenters. The van der Waals surface area contributed by atoms with E-state index < -0.39 is 0 Å². The maximum atomic E-state index is 12.9. The molecule has 1 aliphatic rings. The van der Waals surface area contributed by atoms with Crippen LogP contribution in [0.1, 0.15) is 36.1 Å². The number of fused-ring (bicyclic) bond motifs is 1. The van der Waals surface area contributed by atoms with E-state index in [9.17, 15) is 4.79 Å². The van der Waals surface area contributed by atoms with Crippen LogP contribution in [0.5, 0.6) is 0 Å². The maximum absolute atomic E-state index is 12.9. The van der Waals surface area contributed by atoms with Crippen molar-refractivity contribution in [3.63, 3.8) is 0 Å². The number of aryl methyl sites for hydroxylation is 2. The van der Waals surface area contributed by atoms with Crippen molar-refractivity contribution in [2.75, 3.05) is 12.8 Å². The van der Waals surface area contributed by atoms with Gasteiger partial charge in [-0.1, -0.05) is 61.2 Å². The topological polar surface area (TPSA) is 51.0 Å². The van der Waals surface area contributed by atoms with E-state index in [4.69, 9.17) is 0 Å². The zero-order chi connectivity index (χ0) is 19.5. The fourth-order valence-corrected chi connectivity index (χ4v) is 4.72. The first kappa shape index (κ1) is 18.7. The zero-order valence-electron chi connectivity index (χ0n) is 16.2. The van der Waals surface area contributed by atoms with E-state index in [1.54, 1.807) is 6.33 Å². The molecule has 0 fully saturated rings. The summed E-state index contributed by atoms with van der Waals surface area (Å²) in [7, 11) is 1.91. The first-order valence-corrected chi connectivity index (χ1v) is 10.6. The molecule has 28 heavy (non-hydrogen) atoms. The van der Waals surface area contributed by atoms with E-state index in [2.05, 4.69) is 53.5 Å². The van der Waals surface area contributed by atoms with Crippen molar-refractivity contribution in [2.24, 2.45) is 0 Å². The van der Waals surface area contributed by atoms with Gasteiger partial charge < -0.3 is 4.90 Å². The lowest BCUT2D eigenvalue weighted by atomic mass is 10.1. The highest BCUT2D eigenvalue weighted by Gasteiger charge is 2.28. The Morgan fingerprint density at radius 1 is 1.21 bits per heavy atom. The molecule has 0 saturated carbocycles. The summed E-state index contributed by atoms with van der Waals surface area (Å²) in [6.45, 7) is 2.13. The number of hydrogen-bond donors (Lipinski definition) is 0. The van der Waals surface area contributed by atoms with E-state index in [1.807, 2.05) is 28.6 Å². The second-order valence-electron chi connectivity index (χ2n) is 7.01. The van der Waals surface area contributed by atoms with E-state index in [1.165, 1.54) is 28.5 Å². The summed E-state index contributed by atoms with van der Waals surface area (Å²) >= 11 is 1.44. The fourth-order valence-electron chi connectivity index (χ4n) is 3.87. The fraction of sp³-hybridized carbons (Fsp3) is 0.318. The summed E-state index contributed by atoms with van der Waals surface area (Å²) in [5, 5.41) is 9.05. The van der Waals surface area contributed by atoms with Crippen LogP contribution in [-0.2, 0) is 17.6 Å². The molecule has 0 aliphatic heterocycles. The van der Waals surface area contributed by atoms with Gasteiger partial charge in [-0.3, -0.25) is 9.36 Å². The average molecular weight is 393 g/mol. The average Bonchev–Trinajstić information content (AvgIpc) is 3.38. The van der Waals surface area contributed by atoms with Gasteiger partial charge in [-0.25, -0.2) is 0 Å². The molecule has 1 aliphatic carbocycles. The number of aromatic nitrogens is 3. The number of nitrogens with zero attached hydrogens (tertiary/aromatic N) is 4. The zero-order valence-corrected chi connectivity index (χ0v) is 17.0. The van der Waals surface area contributed by atoms with Crippen LogP contribution in [0.3, 0.4) is 0 Å². The molecule has 1 aromatic heterocycles. The Kier molecular flexibility index (Phi) is 5.48. The maximum Gasteiger partial charge on any atom is 0.233 e. The molecule has 0 radical (unpaired) electrons. The second kappa shape index (κ2) is 8.19. The number of benzene rings is 2.